The van der Waals surface area contributed by atoms with Gasteiger partial charge in [-0.2, -0.15) is 0 Å². The van der Waals surface area contributed by atoms with Crippen molar-refractivity contribution in [3.05, 3.63) is 173 Å². The van der Waals surface area contributed by atoms with Crippen molar-refractivity contribution in [2.45, 2.75) is 84.5 Å². The zero-order valence-corrected chi connectivity index (χ0v) is 29.9. The molecule has 1 saturated carbocycles. The molecule has 1 fully saturated rings. The monoisotopic (exact) mass is 644 g/mol. The first-order chi connectivity index (χ1) is 23.9. The van der Waals surface area contributed by atoms with Crippen LogP contribution in [0, 0.1) is 25.7 Å². The first-order valence-electron chi connectivity index (χ1n) is 18.6. The van der Waals surface area contributed by atoms with E-state index in [0.29, 0.717) is 11.8 Å². The number of hydrogen-bond acceptors (Lipinski definition) is 2. The summed E-state index contributed by atoms with van der Waals surface area (Å²) in [5, 5.41) is 0. The molecule has 250 valence electrons. The largest absolute Gasteiger partial charge is 0.311 e. The van der Waals surface area contributed by atoms with Crippen molar-refractivity contribution in [1.29, 1.82) is 0 Å². The Morgan fingerprint density at radius 2 is 1.08 bits per heavy atom. The van der Waals surface area contributed by atoms with Gasteiger partial charge in [-0.25, -0.2) is 0 Å². The Balaban J connectivity index is 1.19. The lowest BCUT2D eigenvalue weighted by molar-refractivity contribution is 0.222. The van der Waals surface area contributed by atoms with E-state index in [-0.39, 0.29) is 5.41 Å². The smallest absolute Gasteiger partial charge is 0.0461 e. The van der Waals surface area contributed by atoms with Crippen LogP contribution in [-0.2, 0) is 5.41 Å². The number of rotatable bonds is 8. The van der Waals surface area contributed by atoms with Crippen LogP contribution in [0.4, 0.5) is 17.1 Å². The third-order valence-electron chi connectivity index (χ3n) is 11.2. The van der Waals surface area contributed by atoms with Gasteiger partial charge in [-0.3, -0.25) is 0 Å². The van der Waals surface area contributed by atoms with Gasteiger partial charge in [0.15, 0.2) is 0 Å². The molecule has 2 unspecified atom stereocenters. The molecule has 7 rings (SSSR count). The molecule has 0 radical (unpaired) electrons. The maximum absolute atomic E-state index is 2.56. The Kier molecular flexibility index (Phi) is 9.76. The lowest BCUT2D eigenvalue weighted by Crippen LogP contribution is -2.37. The Labute approximate surface area is 295 Å². The highest BCUT2D eigenvalue weighted by Crippen LogP contribution is 2.49. The first kappa shape index (κ1) is 33.0. The highest BCUT2D eigenvalue weighted by molar-refractivity contribution is 5.76. The summed E-state index contributed by atoms with van der Waals surface area (Å²) in [6.07, 6.45) is 33.4. The van der Waals surface area contributed by atoms with E-state index in [4.69, 9.17) is 0 Å². The predicted octanol–water partition coefficient (Wildman–Crippen LogP) is 13.0. The minimum Gasteiger partial charge on any atom is -0.311 e. The lowest BCUT2D eigenvalue weighted by Gasteiger charge is -2.44. The summed E-state index contributed by atoms with van der Waals surface area (Å²) in [6, 6.07) is 27.4. The number of aryl methyl sites for hydroxylation is 2. The molecule has 3 aromatic rings. The van der Waals surface area contributed by atoms with Gasteiger partial charge in [0, 0.05) is 39.6 Å². The van der Waals surface area contributed by atoms with Gasteiger partial charge >= 0.3 is 0 Å². The lowest BCUT2D eigenvalue weighted by atomic mass is 9.60. The van der Waals surface area contributed by atoms with Crippen LogP contribution < -0.4 is 4.90 Å². The summed E-state index contributed by atoms with van der Waals surface area (Å²) >= 11 is 0. The van der Waals surface area contributed by atoms with Crippen molar-refractivity contribution in [3.8, 4) is 0 Å². The van der Waals surface area contributed by atoms with Crippen LogP contribution >= 0.6 is 0 Å². The van der Waals surface area contributed by atoms with E-state index in [0.717, 1.165) is 19.3 Å². The molecule has 3 aromatic carbocycles. The SMILES string of the molecule is CC1=CCC=C(N(C2=CCC(C)C=C2)C2=CCC(C3(c4ccc(N(c5ccc(C)cc5)c5ccc(C)cc5)cc4)CCCCC3)C=C2)C=C1. The van der Waals surface area contributed by atoms with Crippen molar-refractivity contribution < 1.29 is 0 Å². The van der Waals surface area contributed by atoms with Gasteiger partial charge in [-0.05, 0) is 125 Å². The molecular formula is C47H52N2. The van der Waals surface area contributed by atoms with E-state index in [9.17, 15) is 0 Å². The molecule has 0 N–H and O–H groups in total. The molecule has 0 spiro atoms. The minimum absolute atomic E-state index is 0.153. The van der Waals surface area contributed by atoms with Crippen molar-refractivity contribution in [1.82, 2.24) is 4.90 Å². The third-order valence-corrected chi connectivity index (χ3v) is 11.2. The summed E-state index contributed by atoms with van der Waals surface area (Å²) in [5.41, 5.74) is 13.0. The summed E-state index contributed by atoms with van der Waals surface area (Å²) in [7, 11) is 0. The number of anilines is 3. The fourth-order valence-corrected chi connectivity index (χ4v) is 8.23. The van der Waals surface area contributed by atoms with E-state index < -0.39 is 0 Å². The number of allylic oxidation sites excluding steroid dienone is 11. The predicted molar refractivity (Wildman–Crippen MR) is 209 cm³/mol. The van der Waals surface area contributed by atoms with Crippen LogP contribution in [-0.4, -0.2) is 4.90 Å². The molecule has 2 atom stereocenters. The maximum atomic E-state index is 2.56. The second-order valence-electron chi connectivity index (χ2n) is 14.8. The van der Waals surface area contributed by atoms with Crippen molar-refractivity contribution >= 4 is 17.1 Å². The molecule has 0 bridgehead atoms. The summed E-state index contributed by atoms with van der Waals surface area (Å²) in [4.78, 5) is 4.88. The fraction of sp³-hybridized carbons (Fsp3) is 0.319. The Hall–Kier alpha value is -4.56. The van der Waals surface area contributed by atoms with Gasteiger partial charge in [0.05, 0.1) is 0 Å². The second-order valence-corrected chi connectivity index (χ2v) is 14.8. The molecule has 0 aliphatic heterocycles. The zero-order chi connectivity index (χ0) is 33.8. The van der Waals surface area contributed by atoms with Crippen LogP contribution in [0.25, 0.3) is 0 Å². The third kappa shape index (κ3) is 7.11. The molecule has 0 aromatic heterocycles. The van der Waals surface area contributed by atoms with Gasteiger partial charge in [0.2, 0.25) is 0 Å². The van der Waals surface area contributed by atoms with E-state index >= 15 is 0 Å². The molecule has 0 saturated heterocycles. The average Bonchev–Trinajstić information content (AvgIpc) is 3.36. The van der Waals surface area contributed by atoms with Crippen LogP contribution in [0.15, 0.2) is 156 Å². The van der Waals surface area contributed by atoms with Crippen LogP contribution in [0.5, 0.6) is 0 Å². The molecule has 49 heavy (non-hydrogen) atoms. The Morgan fingerprint density at radius 1 is 0.531 bits per heavy atom. The minimum atomic E-state index is 0.153. The van der Waals surface area contributed by atoms with Crippen LogP contribution in [0.1, 0.15) is 81.9 Å². The van der Waals surface area contributed by atoms with Gasteiger partial charge < -0.3 is 9.80 Å². The number of hydrogen-bond donors (Lipinski definition) is 0. The van der Waals surface area contributed by atoms with Crippen molar-refractivity contribution in [2.75, 3.05) is 4.90 Å². The normalized spacial score (nSPS) is 21.6. The molecule has 2 nitrogen and oxygen atoms in total. The van der Waals surface area contributed by atoms with Gasteiger partial charge in [0.1, 0.15) is 0 Å². The van der Waals surface area contributed by atoms with Crippen LogP contribution in [0.3, 0.4) is 0 Å². The first-order valence-corrected chi connectivity index (χ1v) is 18.6. The summed E-state index contributed by atoms with van der Waals surface area (Å²) in [5.74, 6) is 1.07. The van der Waals surface area contributed by atoms with E-state index in [1.807, 2.05) is 0 Å². The Morgan fingerprint density at radius 3 is 1.63 bits per heavy atom. The maximum Gasteiger partial charge on any atom is 0.0461 e. The quantitative estimate of drug-likeness (QED) is 0.241. The standard InChI is InChI=1S/C47H52N2/c1-35-9-8-10-41(22-11-35)48(42-23-12-36(2)13-24-42)45-29-18-39(19-30-45)47(33-6-5-7-34-47)40-20-31-46(32-21-40)49(43-25-14-37(3)15-26-43)44-27-16-38(4)17-28-44/h9-12,14-18,20-32,36,39H,5-8,13,19,33-34H2,1-4H3. The fourth-order valence-electron chi connectivity index (χ4n) is 8.23. The van der Waals surface area contributed by atoms with E-state index in [1.165, 1.54) is 88.5 Å². The molecule has 4 aliphatic rings. The number of nitrogens with zero attached hydrogens (tertiary/aromatic N) is 2. The highest BCUT2D eigenvalue weighted by Gasteiger charge is 2.40. The Bertz CT molecular complexity index is 1790. The molecule has 0 amide bonds. The number of benzene rings is 3. The van der Waals surface area contributed by atoms with Gasteiger partial charge in [-0.1, -0.05) is 122 Å². The molecule has 0 heterocycles. The van der Waals surface area contributed by atoms with E-state index in [1.54, 1.807) is 0 Å². The van der Waals surface area contributed by atoms with E-state index in [2.05, 4.69) is 171 Å². The van der Waals surface area contributed by atoms with Gasteiger partial charge in [-0.15, -0.1) is 0 Å². The highest BCUT2D eigenvalue weighted by atomic mass is 15.2. The molecule has 4 aliphatic carbocycles. The van der Waals surface area contributed by atoms with Crippen molar-refractivity contribution in [3.63, 3.8) is 0 Å². The molecule has 2 heteroatoms. The summed E-state index contributed by atoms with van der Waals surface area (Å²) in [6.45, 7) is 8.81. The molecular weight excluding hydrogens is 593 g/mol. The topological polar surface area (TPSA) is 6.48 Å². The van der Waals surface area contributed by atoms with Crippen LogP contribution in [0.2, 0.25) is 0 Å². The van der Waals surface area contributed by atoms with Crippen molar-refractivity contribution in [2.24, 2.45) is 11.8 Å². The second kappa shape index (κ2) is 14.5. The zero-order valence-electron chi connectivity index (χ0n) is 29.9. The average molecular weight is 645 g/mol. The summed E-state index contributed by atoms with van der Waals surface area (Å²) < 4.78 is 0. The van der Waals surface area contributed by atoms with Gasteiger partial charge in [0.25, 0.3) is 0 Å².